The van der Waals surface area contributed by atoms with Crippen molar-refractivity contribution < 1.29 is 0 Å². The fourth-order valence-corrected chi connectivity index (χ4v) is 3.16. The van der Waals surface area contributed by atoms with Gasteiger partial charge in [0.05, 0.1) is 15.2 Å². The predicted octanol–water partition coefficient (Wildman–Crippen LogP) is 3.08. The lowest BCUT2D eigenvalue weighted by Crippen LogP contribution is -2.04. The van der Waals surface area contributed by atoms with Gasteiger partial charge in [0.15, 0.2) is 0 Å². The molecule has 0 saturated carbocycles. The number of rotatable bonds is 3. The fourth-order valence-electron chi connectivity index (χ4n) is 2.11. The van der Waals surface area contributed by atoms with E-state index in [9.17, 15) is 4.79 Å². The molecule has 0 radical (unpaired) electrons. The fraction of sp³-hybridized carbons (Fsp3) is 0.417. The molecule has 0 amide bonds. The number of nitrogens with two attached hydrogens (primary N) is 1. The second kappa shape index (κ2) is 4.29. The number of hydrogen-bond donors (Lipinski definition) is 2. The van der Waals surface area contributed by atoms with Gasteiger partial charge >= 0.3 is 0 Å². The topological polar surface area (TPSA) is 58.9 Å². The molecule has 2 aromatic heterocycles. The standard InChI is InChI=1S/C12H16N2OS/c1-3-4-7(2)10-11-8(16-12(10)13)5-6-9(15)14-11/h5-7H,3-4,13H2,1-2H3,(H,14,15). The van der Waals surface area contributed by atoms with Gasteiger partial charge in [0.1, 0.15) is 0 Å². The third-order valence-corrected chi connectivity index (χ3v) is 3.85. The van der Waals surface area contributed by atoms with Gasteiger partial charge in [-0.3, -0.25) is 4.79 Å². The van der Waals surface area contributed by atoms with Crippen molar-refractivity contribution in [3.8, 4) is 0 Å². The van der Waals surface area contributed by atoms with Gasteiger partial charge in [-0.25, -0.2) is 0 Å². The summed E-state index contributed by atoms with van der Waals surface area (Å²) in [5, 5.41) is 0.831. The van der Waals surface area contributed by atoms with E-state index >= 15 is 0 Å². The Hall–Kier alpha value is -1.29. The van der Waals surface area contributed by atoms with Crippen LogP contribution < -0.4 is 11.3 Å². The van der Waals surface area contributed by atoms with Crippen molar-refractivity contribution in [1.29, 1.82) is 0 Å². The Morgan fingerprint density at radius 1 is 1.50 bits per heavy atom. The molecule has 2 rings (SSSR count). The largest absolute Gasteiger partial charge is 0.390 e. The molecule has 0 saturated heterocycles. The van der Waals surface area contributed by atoms with E-state index < -0.39 is 0 Å². The molecule has 0 aliphatic rings. The summed E-state index contributed by atoms with van der Waals surface area (Å²) < 4.78 is 1.06. The third kappa shape index (κ3) is 1.85. The molecule has 0 aromatic carbocycles. The smallest absolute Gasteiger partial charge is 0.248 e. The first-order chi connectivity index (χ1) is 7.63. The van der Waals surface area contributed by atoms with E-state index in [4.69, 9.17) is 5.73 Å². The van der Waals surface area contributed by atoms with Crippen molar-refractivity contribution in [3.63, 3.8) is 0 Å². The summed E-state index contributed by atoms with van der Waals surface area (Å²) in [5.41, 5.74) is 8.01. The van der Waals surface area contributed by atoms with Crippen molar-refractivity contribution in [2.45, 2.75) is 32.6 Å². The second-order valence-corrected chi connectivity index (χ2v) is 5.22. The van der Waals surface area contributed by atoms with E-state index in [1.54, 1.807) is 17.4 Å². The van der Waals surface area contributed by atoms with Gasteiger partial charge in [-0.05, 0) is 18.4 Å². The number of fused-ring (bicyclic) bond motifs is 1. The average Bonchev–Trinajstić information content (AvgIpc) is 2.53. The van der Waals surface area contributed by atoms with Gasteiger partial charge in [0.2, 0.25) is 5.56 Å². The second-order valence-electron chi connectivity index (χ2n) is 4.13. The molecule has 86 valence electrons. The number of nitrogens with one attached hydrogen (secondary N) is 1. The summed E-state index contributed by atoms with van der Waals surface area (Å²) in [7, 11) is 0. The Kier molecular flexibility index (Phi) is 3.01. The minimum Gasteiger partial charge on any atom is -0.390 e. The molecule has 2 aromatic rings. The maximum atomic E-state index is 11.3. The molecule has 0 aliphatic carbocycles. The van der Waals surface area contributed by atoms with E-state index in [0.29, 0.717) is 5.92 Å². The number of hydrogen-bond acceptors (Lipinski definition) is 3. The lowest BCUT2D eigenvalue weighted by atomic mass is 9.97. The highest BCUT2D eigenvalue weighted by Crippen LogP contribution is 2.37. The van der Waals surface area contributed by atoms with E-state index in [1.807, 2.05) is 6.07 Å². The van der Waals surface area contributed by atoms with Crippen LogP contribution in [-0.2, 0) is 0 Å². The van der Waals surface area contributed by atoms with Crippen molar-refractivity contribution in [2.24, 2.45) is 0 Å². The van der Waals surface area contributed by atoms with Gasteiger partial charge in [-0.1, -0.05) is 20.3 Å². The summed E-state index contributed by atoms with van der Waals surface area (Å²) in [4.78, 5) is 14.2. The van der Waals surface area contributed by atoms with Crippen molar-refractivity contribution in [3.05, 3.63) is 28.0 Å². The zero-order chi connectivity index (χ0) is 11.7. The zero-order valence-electron chi connectivity index (χ0n) is 9.54. The van der Waals surface area contributed by atoms with Gasteiger partial charge in [-0.15, -0.1) is 11.3 Å². The Morgan fingerprint density at radius 2 is 2.25 bits per heavy atom. The number of aromatic nitrogens is 1. The monoisotopic (exact) mass is 236 g/mol. The van der Waals surface area contributed by atoms with Crippen LogP contribution in [0.4, 0.5) is 5.00 Å². The Bertz CT molecular complexity index is 556. The van der Waals surface area contributed by atoms with Crippen LogP contribution >= 0.6 is 11.3 Å². The number of pyridine rings is 1. The first kappa shape index (κ1) is 11.2. The summed E-state index contributed by atoms with van der Waals surface area (Å²) in [6.45, 7) is 4.32. The van der Waals surface area contributed by atoms with Gasteiger partial charge in [-0.2, -0.15) is 0 Å². The molecule has 16 heavy (non-hydrogen) atoms. The number of H-pyrrole nitrogens is 1. The molecule has 1 unspecified atom stereocenters. The maximum absolute atomic E-state index is 11.3. The van der Waals surface area contributed by atoms with Crippen LogP contribution in [0.2, 0.25) is 0 Å². The molecule has 1 atom stereocenters. The molecule has 0 fully saturated rings. The molecule has 0 spiro atoms. The van der Waals surface area contributed by atoms with E-state index in [0.717, 1.165) is 33.6 Å². The van der Waals surface area contributed by atoms with Crippen LogP contribution in [0.3, 0.4) is 0 Å². The highest BCUT2D eigenvalue weighted by Gasteiger charge is 2.16. The molecule has 2 heterocycles. The molecule has 3 N–H and O–H groups in total. The lowest BCUT2D eigenvalue weighted by Gasteiger charge is -2.09. The van der Waals surface area contributed by atoms with Crippen LogP contribution in [0.25, 0.3) is 10.2 Å². The SMILES string of the molecule is CCCC(C)c1c(N)sc2ccc(=O)[nH]c12. The Balaban J connectivity index is 2.62. The van der Waals surface area contributed by atoms with Crippen LogP contribution in [0.5, 0.6) is 0 Å². The number of aromatic amines is 1. The van der Waals surface area contributed by atoms with Crippen LogP contribution in [0.15, 0.2) is 16.9 Å². The highest BCUT2D eigenvalue weighted by atomic mass is 32.1. The van der Waals surface area contributed by atoms with Gasteiger partial charge < -0.3 is 10.7 Å². The predicted molar refractivity (Wildman–Crippen MR) is 70.2 cm³/mol. The minimum atomic E-state index is -0.0600. The first-order valence-electron chi connectivity index (χ1n) is 5.54. The number of anilines is 1. The number of thiophene rings is 1. The normalized spacial score (nSPS) is 13.1. The van der Waals surface area contributed by atoms with E-state index in [-0.39, 0.29) is 5.56 Å². The highest BCUT2D eigenvalue weighted by molar-refractivity contribution is 7.22. The van der Waals surface area contributed by atoms with E-state index in [2.05, 4.69) is 18.8 Å². The quantitative estimate of drug-likeness (QED) is 0.860. The summed E-state index contributed by atoms with van der Waals surface area (Å²) in [6, 6.07) is 3.39. The summed E-state index contributed by atoms with van der Waals surface area (Å²) >= 11 is 1.55. The number of nitrogen functional groups attached to an aromatic ring is 1. The molecular formula is C12H16N2OS. The Labute approximate surface area is 98.3 Å². The maximum Gasteiger partial charge on any atom is 0.248 e. The minimum absolute atomic E-state index is 0.0600. The van der Waals surface area contributed by atoms with Crippen LogP contribution in [0.1, 0.15) is 38.2 Å². The van der Waals surface area contributed by atoms with Crippen LogP contribution in [-0.4, -0.2) is 4.98 Å². The summed E-state index contributed by atoms with van der Waals surface area (Å²) in [6.07, 6.45) is 2.21. The Morgan fingerprint density at radius 3 is 2.94 bits per heavy atom. The molecule has 3 nitrogen and oxygen atoms in total. The van der Waals surface area contributed by atoms with Crippen molar-refractivity contribution in [1.82, 2.24) is 4.98 Å². The van der Waals surface area contributed by atoms with Crippen molar-refractivity contribution in [2.75, 3.05) is 5.73 Å². The van der Waals surface area contributed by atoms with Gasteiger partial charge in [0, 0.05) is 11.6 Å². The molecular weight excluding hydrogens is 220 g/mol. The summed E-state index contributed by atoms with van der Waals surface area (Å²) in [5.74, 6) is 0.400. The average molecular weight is 236 g/mol. The molecule has 4 heteroatoms. The zero-order valence-corrected chi connectivity index (χ0v) is 10.4. The lowest BCUT2D eigenvalue weighted by molar-refractivity contribution is 0.671. The molecule has 0 aliphatic heterocycles. The third-order valence-electron chi connectivity index (χ3n) is 2.85. The van der Waals surface area contributed by atoms with Crippen molar-refractivity contribution >= 4 is 26.6 Å². The van der Waals surface area contributed by atoms with Gasteiger partial charge in [0.25, 0.3) is 0 Å². The van der Waals surface area contributed by atoms with Crippen LogP contribution in [0, 0.1) is 0 Å². The first-order valence-corrected chi connectivity index (χ1v) is 6.36. The van der Waals surface area contributed by atoms with E-state index in [1.165, 1.54) is 0 Å². The molecule has 0 bridgehead atoms.